The normalized spacial score (nSPS) is 48.7. The van der Waals surface area contributed by atoms with Crippen LogP contribution in [0.3, 0.4) is 0 Å². The van der Waals surface area contributed by atoms with E-state index in [2.05, 4.69) is 6.92 Å². The first kappa shape index (κ1) is 7.29. The number of hydrogen-bond acceptors (Lipinski definition) is 2. The molecule has 2 nitrogen and oxygen atoms in total. The fourth-order valence-corrected chi connectivity index (χ4v) is 2.89. The molecular formula is C9H15NO. The monoisotopic (exact) mass is 153 g/mol. The van der Waals surface area contributed by atoms with Crippen molar-refractivity contribution in [3.05, 3.63) is 0 Å². The van der Waals surface area contributed by atoms with Gasteiger partial charge in [-0.1, -0.05) is 6.92 Å². The molecule has 0 amide bonds. The van der Waals surface area contributed by atoms with Crippen LogP contribution in [0.2, 0.25) is 0 Å². The maximum atomic E-state index is 11.5. The number of nitrogens with two attached hydrogens (primary N) is 1. The van der Waals surface area contributed by atoms with Gasteiger partial charge in [0.2, 0.25) is 0 Å². The Kier molecular flexibility index (Phi) is 1.37. The lowest BCUT2D eigenvalue weighted by molar-refractivity contribution is -0.127. The topological polar surface area (TPSA) is 43.1 Å². The van der Waals surface area contributed by atoms with Gasteiger partial charge in [0.1, 0.15) is 5.78 Å². The molecule has 0 aromatic carbocycles. The standard InChI is InChI=1S/C9H15NO/c1-6-7-2-3-9(6,5-10)8(11)4-7/h6-7H,2-5,10H2,1H3. The van der Waals surface area contributed by atoms with Crippen molar-refractivity contribution in [3.8, 4) is 0 Å². The number of hydrogen-bond donors (Lipinski definition) is 1. The molecule has 3 atom stereocenters. The zero-order valence-corrected chi connectivity index (χ0v) is 6.97. The minimum atomic E-state index is -0.0926. The molecule has 2 N–H and O–H groups in total. The Morgan fingerprint density at radius 2 is 2.45 bits per heavy atom. The third kappa shape index (κ3) is 0.684. The van der Waals surface area contributed by atoms with Crippen molar-refractivity contribution in [3.63, 3.8) is 0 Å². The second-order valence-electron chi connectivity index (χ2n) is 4.07. The number of carbonyl (C=O) groups excluding carboxylic acids is 1. The molecule has 2 rings (SSSR count). The Morgan fingerprint density at radius 1 is 1.73 bits per heavy atom. The minimum absolute atomic E-state index is 0.0926. The first-order valence-corrected chi connectivity index (χ1v) is 4.44. The van der Waals surface area contributed by atoms with E-state index >= 15 is 0 Å². The van der Waals surface area contributed by atoms with Crippen molar-refractivity contribution in [1.82, 2.24) is 0 Å². The average molecular weight is 153 g/mol. The highest BCUT2D eigenvalue weighted by molar-refractivity contribution is 5.89. The Hall–Kier alpha value is -0.370. The molecule has 2 bridgehead atoms. The van der Waals surface area contributed by atoms with Gasteiger partial charge in [-0.25, -0.2) is 0 Å². The molecule has 2 heteroatoms. The van der Waals surface area contributed by atoms with E-state index in [-0.39, 0.29) is 5.41 Å². The summed E-state index contributed by atoms with van der Waals surface area (Å²) in [6.45, 7) is 2.76. The molecular weight excluding hydrogens is 138 g/mol. The predicted octanol–water partition coefficient (Wildman–Crippen LogP) is 0.950. The van der Waals surface area contributed by atoms with Gasteiger partial charge in [0.25, 0.3) is 0 Å². The van der Waals surface area contributed by atoms with Gasteiger partial charge in [-0.3, -0.25) is 4.79 Å². The van der Waals surface area contributed by atoms with Gasteiger partial charge < -0.3 is 5.73 Å². The summed E-state index contributed by atoms with van der Waals surface area (Å²) >= 11 is 0. The fraction of sp³-hybridized carbons (Fsp3) is 0.889. The van der Waals surface area contributed by atoms with Crippen molar-refractivity contribution < 1.29 is 4.79 Å². The van der Waals surface area contributed by atoms with Crippen molar-refractivity contribution in [2.45, 2.75) is 26.2 Å². The van der Waals surface area contributed by atoms with E-state index in [1.807, 2.05) is 0 Å². The Labute approximate surface area is 67.1 Å². The predicted molar refractivity (Wildman–Crippen MR) is 43.0 cm³/mol. The molecule has 0 aromatic heterocycles. The van der Waals surface area contributed by atoms with Crippen LogP contribution in [-0.4, -0.2) is 12.3 Å². The van der Waals surface area contributed by atoms with Crippen LogP contribution in [0.15, 0.2) is 0 Å². The molecule has 2 fully saturated rings. The number of Topliss-reactive ketones (excluding diaryl/α,β-unsaturated/α-hetero) is 1. The SMILES string of the molecule is CC1C2CCC1(CN)C(=O)C2. The van der Waals surface area contributed by atoms with Crippen molar-refractivity contribution in [1.29, 1.82) is 0 Å². The van der Waals surface area contributed by atoms with E-state index in [0.29, 0.717) is 24.2 Å². The minimum Gasteiger partial charge on any atom is -0.329 e. The van der Waals surface area contributed by atoms with Gasteiger partial charge in [-0.05, 0) is 24.7 Å². The molecule has 2 saturated carbocycles. The Bertz CT molecular complexity index is 202. The molecule has 3 unspecified atom stereocenters. The molecule has 0 radical (unpaired) electrons. The first-order chi connectivity index (χ1) is 5.20. The van der Waals surface area contributed by atoms with Gasteiger partial charge in [0.15, 0.2) is 0 Å². The highest BCUT2D eigenvalue weighted by atomic mass is 16.1. The molecule has 0 spiro atoms. The lowest BCUT2D eigenvalue weighted by Gasteiger charge is -2.25. The van der Waals surface area contributed by atoms with Crippen LogP contribution in [0.1, 0.15) is 26.2 Å². The molecule has 62 valence electrons. The maximum absolute atomic E-state index is 11.5. The lowest BCUT2D eigenvalue weighted by atomic mass is 9.79. The smallest absolute Gasteiger partial charge is 0.140 e. The highest BCUT2D eigenvalue weighted by Crippen LogP contribution is 2.55. The van der Waals surface area contributed by atoms with E-state index in [1.165, 1.54) is 6.42 Å². The van der Waals surface area contributed by atoms with E-state index in [9.17, 15) is 4.79 Å². The third-order valence-corrected chi connectivity index (χ3v) is 3.91. The van der Waals surface area contributed by atoms with Crippen LogP contribution in [-0.2, 0) is 4.79 Å². The van der Waals surface area contributed by atoms with Gasteiger partial charge >= 0.3 is 0 Å². The van der Waals surface area contributed by atoms with Gasteiger partial charge in [0.05, 0.1) is 0 Å². The van der Waals surface area contributed by atoms with Gasteiger partial charge in [-0.15, -0.1) is 0 Å². The molecule has 2 aliphatic rings. The molecule has 0 heterocycles. The summed E-state index contributed by atoms with van der Waals surface area (Å²) in [7, 11) is 0. The van der Waals surface area contributed by atoms with Gasteiger partial charge in [0, 0.05) is 18.4 Å². The first-order valence-electron chi connectivity index (χ1n) is 4.44. The zero-order chi connectivity index (χ0) is 8.06. The second-order valence-corrected chi connectivity index (χ2v) is 4.07. The van der Waals surface area contributed by atoms with Crippen LogP contribution < -0.4 is 5.73 Å². The number of fused-ring (bicyclic) bond motifs is 2. The summed E-state index contributed by atoms with van der Waals surface area (Å²) in [4.78, 5) is 11.5. The van der Waals surface area contributed by atoms with Crippen LogP contribution in [0.4, 0.5) is 0 Å². The average Bonchev–Trinajstić information content (AvgIpc) is 2.42. The molecule has 2 aliphatic carbocycles. The second kappa shape index (κ2) is 2.07. The van der Waals surface area contributed by atoms with Crippen LogP contribution in [0.5, 0.6) is 0 Å². The molecule has 0 aliphatic heterocycles. The van der Waals surface area contributed by atoms with E-state index in [4.69, 9.17) is 5.73 Å². The summed E-state index contributed by atoms with van der Waals surface area (Å²) in [6, 6.07) is 0. The number of ketones is 1. The maximum Gasteiger partial charge on any atom is 0.140 e. The Morgan fingerprint density at radius 3 is 2.73 bits per heavy atom. The fourth-order valence-electron chi connectivity index (χ4n) is 2.89. The van der Waals surface area contributed by atoms with E-state index in [0.717, 1.165) is 12.8 Å². The Balaban J connectivity index is 2.35. The van der Waals surface area contributed by atoms with Crippen LogP contribution in [0.25, 0.3) is 0 Å². The largest absolute Gasteiger partial charge is 0.329 e. The summed E-state index contributed by atoms with van der Waals surface area (Å²) in [5.74, 6) is 1.65. The van der Waals surface area contributed by atoms with Gasteiger partial charge in [-0.2, -0.15) is 0 Å². The van der Waals surface area contributed by atoms with E-state index in [1.54, 1.807) is 0 Å². The van der Waals surface area contributed by atoms with Crippen molar-refractivity contribution in [2.24, 2.45) is 23.0 Å². The third-order valence-electron chi connectivity index (χ3n) is 3.91. The number of rotatable bonds is 1. The number of carbonyl (C=O) groups is 1. The summed E-state index contributed by atoms with van der Waals surface area (Å²) in [5.41, 5.74) is 5.57. The summed E-state index contributed by atoms with van der Waals surface area (Å²) in [5, 5.41) is 0. The van der Waals surface area contributed by atoms with Crippen molar-refractivity contribution >= 4 is 5.78 Å². The zero-order valence-electron chi connectivity index (χ0n) is 6.97. The van der Waals surface area contributed by atoms with Crippen LogP contribution in [0, 0.1) is 17.3 Å². The highest BCUT2D eigenvalue weighted by Gasteiger charge is 2.56. The van der Waals surface area contributed by atoms with E-state index < -0.39 is 0 Å². The molecule has 0 saturated heterocycles. The summed E-state index contributed by atoms with van der Waals surface area (Å²) in [6.07, 6.45) is 3.08. The quantitative estimate of drug-likeness (QED) is 0.609. The molecule has 11 heavy (non-hydrogen) atoms. The molecule has 0 aromatic rings. The summed E-state index contributed by atoms with van der Waals surface area (Å²) < 4.78 is 0. The van der Waals surface area contributed by atoms with Crippen molar-refractivity contribution in [2.75, 3.05) is 6.54 Å². The lowest BCUT2D eigenvalue weighted by Crippen LogP contribution is -2.37. The van der Waals surface area contributed by atoms with Crippen LogP contribution >= 0.6 is 0 Å².